The molecule has 1 aliphatic carbocycles. The number of hydrogen-bond donors (Lipinski definition) is 1. The van der Waals surface area contributed by atoms with Crippen LogP contribution in [-0.2, 0) is 4.79 Å². The zero-order valence-electron chi connectivity index (χ0n) is 11.6. The molecule has 0 saturated heterocycles. The van der Waals surface area contributed by atoms with E-state index in [9.17, 15) is 4.79 Å². The lowest BCUT2D eigenvalue weighted by Gasteiger charge is -2.30. The summed E-state index contributed by atoms with van der Waals surface area (Å²) in [6, 6.07) is 0.416. The first-order valence-corrected chi connectivity index (χ1v) is 7.96. The van der Waals surface area contributed by atoms with Crippen molar-refractivity contribution in [1.82, 2.24) is 9.55 Å². The van der Waals surface area contributed by atoms with Gasteiger partial charge in [-0.3, -0.25) is 4.79 Å². The van der Waals surface area contributed by atoms with E-state index in [2.05, 4.69) is 23.4 Å². The van der Waals surface area contributed by atoms with E-state index in [1.165, 1.54) is 43.9 Å². The highest BCUT2D eigenvalue weighted by molar-refractivity contribution is 7.99. The number of carbonyl (C=O) groups is 1. The molecule has 1 aromatic heterocycles. The van der Waals surface area contributed by atoms with E-state index in [4.69, 9.17) is 5.11 Å². The van der Waals surface area contributed by atoms with Gasteiger partial charge >= 0.3 is 5.97 Å². The molecule has 0 spiro atoms. The Morgan fingerprint density at radius 1 is 1.53 bits per heavy atom. The lowest BCUT2D eigenvalue weighted by molar-refractivity contribution is -0.133. The number of imidazole rings is 1. The van der Waals surface area contributed by atoms with E-state index in [-0.39, 0.29) is 5.75 Å². The molecule has 0 aliphatic heterocycles. The largest absolute Gasteiger partial charge is 0.481 e. The SMILES string of the molecule is Cc1cnc(SCC(=O)O)n1C(C)C1CCCCC1. The Hall–Kier alpha value is -0.970. The molecule has 0 radical (unpaired) electrons. The molecule has 1 unspecified atom stereocenters. The molecule has 0 bridgehead atoms. The molecule has 19 heavy (non-hydrogen) atoms. The molecule has 1 heterocycles. The van der Waals surface area contributed by atoms with Crippen molar-refractivity contribution in [2.45, 2.75) is 57.1 Å². The third-order valence-electron chi connectivity index (χ3n) is 4.01. The molecule has 1 aromatic rings. The summed E-state index contributed by atoms with van der Waals surface area (Å²) >= 11 is 1.32. The van der Waals surface area contributed by atoms with E-state index in [1.54, 1.807) is 0 Å². The number of rotatable bonds is 5. The van der Waals surface area contributed by atoms with Gasteiger partial charge in [-0.05, 0) is 32.6 Å². The molecule has 4 nitrogen and oxygen atoms in total. The van der Waals surface area contributed by atoms with Gasteiger partial charge in [0, 0.05) is 17.9 Å². The number of aromatic nitrogens is 2. The third kappa shape index (κ3) is 3.53. The van der Waals surface area contributed by atoms with E-state index in [0.717, 1.165) is 10.9 Å². The molecular formula is C14H22N2O2S. The highest BCUT2D eigenvalue weighted by atomic mass is 32.2. The Morgan fingerprint density at radius 2 is 2.21 bits per heavy atom. The van der Waals surface area contributed by atoms with Crippen LogP contribution in [0.2, 0.25) is 0 Å². The molecule has 0 amide bonds. The molecular weight excluding hydrogens is 260 g/mol. The zero-order valence-corrected chi connectivity index (χ0v) is 12.4. The summed E-state index contributed by atoms with van der Waals surface area (Å²) in [4.78, 5) is 15.1. The van der Waals surface area contributed by atoms with Gasteiger partial charge in [0.15, 0.2) is 5.16 Å². The van der Waals surface area contributed by atoms with Crippen molar-refractivity contribution in [3.05, 3.63) is 11.9 Å². The number of hydrogen-bond acceptors (Lipinski definition) is 3. The monoisotopic (exact) mass is 282 g/mol. The molecule has 1 saturated carbocycles. The lowest BCUT2D eigenvalue weighted by Crippen LogP contribution is -2.21. The van der Waals surface area contributed by atoms with Crippen LogP contribution in [-0.4, -0.2) is 26.4 Å². The van der Waals surface area contributed by atoms with Gasteiger partial charge in [0.1, 0.15) is 0 Å². The molecule has 1 aliphatic rings. The second-order valence-corrected chi connectivity index (χ2v) is 6.32. The summed E-state index contributed by atoms with van der Waals surface area (Å²) < 4.78 is 2.23. The number of aliphatic carboxylic acids is 1. The fourth-order valence-corrected chi connectivity index (χ4v) is 3.81. The first-order valence-electron chi connectivity index (χ1n) is 6.98. The quantitative estimate of drug-likeness (QED) is 0.840. The maximum Gasteiger partial charge on any atom is 0.313 e. The van der Waals surface area contributed by atoms with Crippen molar-refractivity contribution in [3.8, 4) is 0 Å². The van der Waals surface area contributed by atoms with E-state index < -0.39 is 5.97 Å². The normalized spacial score (nSPS) is 18.4. The highest BCUT2D eigenvalue weighted by Gasteiger charge is 2.24. The Morgan fingerprint density at radius 3 is 2.84 bits per heavy atom. The molecule has 1 fully saturated rings. The van der Waals surface area contributed by atoms with Crippen molar-refractivity contribution in [2.24, 2.45) is 5.92 Å². The maximum absolute atomic E-state index is 10.7. The topological polar surface area (TPSA) is 55.1 Å². The van der Waals surface area contributed by atoms with Crippen LogP contribution in [0.3, 0.4) is 0 Å². The Bertz CT molecular complexity index is 439. The van der Waals surface area contributed by atoms with Crippen LogP contribution in [0.5, 0.6) is 0 Å². The summed E-state index contributed by atoms with van der Waals surface area (Å²) in [6.07, 6.45) is 8.40. The van der Waals surface area contributed by atoms with Gasteiger partial charge in [0.2, 0.25) is 0 Å². The van der Waals surface area contributed by atoms with E-state index >= 15 is 0 Å². The number of thioether (sulfide) groups is 1. The van der Waals surface area contributed by atoms with Gasteiger partial charge in [0.05, 0.1) is 5.75 Å². The van der Waals surface area contributed by atoms with Crippen molar-refractivity contribution >= 4 is 17.7 Å². The Balaban J connectivity index is 2.12. The minimum atomic E-state index is -0.789. The minimum Gasteiger partial charge on any atom is -0.481 e. The average Bonchev–Trinajstić information content (AvgIpc) is 2.78. The van der Waals surface area contributed by atoms with Crippen molar-refractivity contribution in [1.29, 1.82) is 0 Å². The van der Waals surface area contributed by atoms with Gasteiger partial charge in [0.25, 0.3) is 0 Å². The van der Waals surface area contributed by atoms with Crippen molar-refractivity contribution < 1.29 is 9.90 Å². The van der Waals surface area contributed by atoms with Crippen LogP contribution >= 0.6 is 11.8 Å². The fourth-order valence-electron chi connectivity index (χ4n) is 2.98. The lowest BCUT2D eigenvalue weighted by atomic mass is 9.84. The van der Waals surface area contributed by atoms with Crippen LogP contribution in [0.15, 0.2) is 11.4 Å². The molecule has 106 valence electrons. The van der Waals surface area contributed by atoms with Gasteiger partial charge in [-0.2, -0.15) is 0 Å². The van der Waals surface area contributed by atoms with Gasteiger partial charge in [-0.25, -0.2) is 4.98 Å². The third-order valence-corrected chi connectivity index (χ3v) is 4.96. The summed E-state index contributed by atoms with van der Waals surface area (Å²) in [5.41, 5.74) is 1.13. The number of aryl methyl sites for hydroxylation is 1. The van der Waals surface area contributed by atoms with E-state index in [0.29, 0.717) is 12.0 Å². The summed E-state index contributed by atoms with van der Waals surface area (Å²) in [5.74, 6) is -0.0123. The Labute approximate surface area is 118 Å². The van der Waals surface area contributed by atoms with Gasteiger partial charge < -0.3 is 9.67 Å². The van der Waals surface area contributed by atoms with Crippen LogP contribution in [0, 0.1) is 12.8 Å². The van der Waals surface area contributed by atoms with E-state index in [1.807, 2.05) is 6.20 Å². The zero-order chi connectivity index (χ0) is 13.8. The fraction of sp³-hybridized carbons (Fsp3) is 0.714. The Kier molecular flexibility index (Phi) is 4.91. The molecule has 1 N–H and O–H groups in total. The van der Waals surface area contributed by atoms with Crippen LogP contribution < -0.4 is 0 Å². The smallest absolute Gasteiger partial charge is 0.313 e. The first kappa shape index (κ1) is 14.4. The second-order valence-electron chi connectivity index (χ2n) is 5.37. The van der Waals surface area contributed by atoms with Crippen LogP contribution in [0.25, 0.3) is 0 Å². The van der Waals surface area contributed by atoms with Crippen LogP contribution in [0.1, 0.15) is 50.8 Å². The number of carboxylic acids is 1. The van der Waals surface area contributed by atoms with Gasteiger partial charge in [-0.1, -0.05) is 31.0 Å². The predicted octanol–water partition coefficient (Wildman–Crippen LogP) is 3.51. The minimum absolute atomic E-state index is 0.0772. The number of carboxylic acid groups (broad SMARTS) is 1. The van der Waals surface area contributed by atoms with Crippen molar-refractivity contribution in [2.75, 3.05) is 5.75 Å². The summed E-state index contributed by atoms with van der Waals surface area (Å²) in [7, 11) is 0. The molecule has 1 atom stereocenters. The number of nitrogens with zero attached hydrogens (tertiary/aromatic N) is 2. The summed E-state index contributed by atoms with van der Waals surface area (Å²) in [6.45, 7) is 4.30. The highest BCUT2D eigenvalue weighted by Crippen LogP contribution is 2.35. The van der Waals surface area contributed by atoms with Crippen molar-refractivity contribution in [3.63, 3.8) is 0 Å². The maximum atomic E-state index is 10.7. The first-order chi connectivity index (χ1) is 9.09. The molecule has 5 heteroatoms. The van der Waals surface area contributed by atoms with Gasteiger partial charge in [-0.15, -0.1) is 0 Å². The molecule has 0 aromatic carbocycles. The second kappa shape index (κ2) is 6.46. The van der Waals surface area contributed by atoms with Crippen LogP contribution in [0.4, 0.5) is 0 Å². The predicted molar refractivity (Wildman–Crippen MR) is 76.6 cm³/mol. The standard InChI is InChI=1S/C14H22N2O2S/c1-10-8-15-14(19-9-13(17)18)16(10)11(2)12-6-4-3-5-7-12/h8,11-12H,3-7,9H2,1-2H3,(H,17,18). The molecule has 2 rings (SSSR count). The average molecular weight is 282 g/mol. The summed E-state index contributed by atoms with van der Waals surface area (Å²) in [5, 5.41) is 9.65.